The highest BCUT2D eigenvalue weighted by atomic mass is 16.6. The minimum Gasteiger partial charge on any atom is -0.458 e. The molecule has 0 radical (unpaired) electrons. The number of hydrogen-bond acceptors (Lipinski definition) is 5. The molecule has 18 heavy (non-hydrogen) atoms. The molecule has 0 aliphatic carbocycles. The fourth-order valence-electron chi connectivity index (χ4n) is 2.32. The molecule has 1 saturated heterocycles. The largest absolute Gasteiger partial charge is 0.458 e. The summed E-state index contributed by atoms with van der Waals surface area (Å²) in [6.07, 6.45) is 0.320. The number of nitrogens with two attached hydrogens (primary N) is 1. The maximum absolute atomic E-state index is 11.6. The van der Waals surface area contributed by atoms with Gasteiger partial charge >= 0.3 is 11.9 Å². The van der Waals surface area contributed by atoms with E-state index in [0.717, 1.165) is 6.42 Å². The van der Waals surface area contributed by atoms with Crippen LogP contribution in [-0.2, 0) is 19.1 Å². The van der Waals surface area contributed by atoms with Crippen molar-refractivity contribution in [3.05, 3.63) is 12.3 Å². The van der Waals surface area contributed by atoms with Gasteiger partial charge in [-0.15, -0.1) is 0 Å². The number of carbonyl (C=O) groups excluding carboxylic acids is 2. The molecule has 1 aliphatic heterocycles. The molecule has 0 amide bonds. The second kappa shape index (κ2) is 5.89. The average Bonchev–Trinajstić information content (AvgIpc) is 2.36. The Kier molecular flexibility index (Phi) is 4.76. The zero-order valence-corrected chi connectivity index (χ0v) is 11.1. The Morgan fingerprint density at radius 2 is 2.17 bits per heavy atom. The highest BCUT2D eigenvalue weighted by molar-refractivity contribution is 5.86. The Bertz CT molecular complexity index is 353. The van der Waals surface area contributed by atoms with Crippen molar-refractivity contribution in [1.82, 2.24) is 0 Å². The van der Waals surface area contributed by atoms with Gasteiger partial charge < -0.3 is 15.2 Å². The highest BCUT2D eigenvalue weighted by Gasteiger charge is 2.34. The molecule has 0 spiro atoms. The van der Waals surface area contributed by atoms with Crippen molar-refractivity contribution in [2.75, 3.05) is 0 Å². The van der Waals surface area contributed by atoms with Crippen molar-refractivity contribution in [2.24, 2.45) is 17.6 Å². The van der Waals surface area contributed by atoms with Gasteiger partial charge in [0.1, 0.15) is 17.9 Å². The summed E-state index contributed by atoms with van der Waals surface area (Å²) in [5.74, 6) is -0.487. The Labute approximate surface area is 107 Å². The van der Waals surface area contributed by atoms with Crippen molar-refractivity contribution in [1.29, 1.82) is 0 Å². The molecule has 0 bridgehead atoms. The summed E-state index contributed by atoms with van der Waals surface area (Å²) in [7, 11) is 0. The van der Waals surface area contributed by atoms with E-state index >= 15 is 0 Å². The molecule has 1 rings (SSSR count). The number of carbonyl (C=O) groups is 2. The third-order valence-electron chi connectivity index (χ3n) is 3.14. The number of esters is 2. The monoisotopic (exact) mass is 255 g/mol. The van der Waals surface area contributed by atoms with Crippen LogP contribution in [0.25, 0.3) is 0 Å². The first-order valence-corrected chi connectivity index (χ1v) is 6.16. The van der Waals surface area contributed by atoms with E-state index in [0.29, 0.717) is 6.42 Å². The third-order valence-corrected chi connectivity index (χ3v) is 3.14. The van der Waals surface area contributed by atoms with E-state index in [4.69, 9.17) is 15.2 Å². The molecule has 1 heterocycles. The SMILES string of the molecule is C=C(N)C(=O)OC(C)C1OC(=O)CC(C)CC1C. The van der Waals surface area contributed by atoms with Crippen LogP contribution < -0.4 is 5.73 Å². The van der Waals surface area contributed by atoms with Crippen LogP contribution in [0.1, 0.15) is 33.6 Å². The number of ether oxygens (including phenoxy) is 2. The maximum atomic E-state index is 11.6. The van der Waals surface area contributed by atoms with Crippen molar-refractivity contribution in [3.8, 4) is 0 Å². The lowest BCUT2D eigenvalue weighted by Crippen LogP contribution is -2.37. The molecule has 4 atom stereocenters. The van der Waals surface area contributed by atoms with Crippen LogP contribution in [0.2, 0.25) is 0 Å². The average molecular weight is 255 g/mol. The van der Waals surface area contributed by atoms with E-state index in [1.54, 1.807) is 6.92 Å². The Balaban J connectivity index is 2.70. The second-order valence-electron chi connectivity index (χ2n) is 5.11. The van der Waals surface area contributed by atoms with Gasteiger partial charge in [0.05, 0.1) is 0 Å². The lowest BCUT2D eigenvalue weighted by Gasteiger charge is -2.27. The Hall–Kier alpha value is -1.52. The minimum atomic E-state index is -0.664. The van der Waals surface area contributed by atoms with Crippen LogP contribution in [0.5, 0.6) is 0 Å². The fraction of sp³-hybridized carbons (Fsp3) is 0.692. The molecule has 5 heteroatoms. The van der Waals surface area contributed by atoms with Crippen molar-refractivity contribution in [2.45, 2.75) is 45.8 Å². The first kappa shape index (κ1) is 14.5. The summed E-state index contributed by atoms with van der Waals surface area (Å²) >= 11 is 0. The summed E-state index contributed by atoms with van der Waals surface area (Å²) in [6.45, 7) is 9.01. The summed E-state index contributed by atoms with van der Waals surface area (Å²) in [5.41, 5.74) is 5.10. The molecule has 102 valence electrons. The molecular formula is C13H21NO4. The molecule has 2 N–H and O–H groups in total. The van der Waals surface area contributed by atoms with E-state index < -0.39 is 18.2 Å². The van der Waals surface area contributed by atoms with E-state index in [1.165, 1.54) is 0 Å². The van der Waals surface area contributed by atoms with Crippen molar-refractivity contribution >= 4 is 11.9 Å². The van der Waals surface area contributed by atoms with Gasteiger partial charge in [-0.3, -0.25) is 4.79 Å². The minimum absolute atomic E-state index is 0.139. The van der Waals surface area contributed by atoms with E-state index in [-0.39, 0.29) is 23.5 Å². The normalized spacial score (nSPS) is 29.9. The van der Waals surface area contributed by atoms with Gasteiger partial charge in [0.25, 0.3) is 0 Å². The Morgan fingerprint density at radius 3 is 2.72 bits per heavy atom. The van der Waals surface area contributed by atoms with Gasteiger partial charge in [-0.1, -0.05) is 20.4 Å². The Morgan fingerprint density at radius 1 is 1.56 bits per heavy atom. The number of cyclic esters (lactones) is 1. The van der Waals surface area contributed by atoms with Gasteiger partial charge in [0.15, 0.2) is 0 Å². The van der Waals surface area contributed by atoms with E-state index in [1.807, 2.05) is 13.8 Å². The van der Waals surface area contributed by atoms with Gasteiger partial charge in [-0.25, -0.2) is 4.79 Å². The topological polar surface area (TPSA) is 78.6 Å². The molecule has 0 aromatic heterocycles. The van der Waals surface area contributed by atoms with Gasteiger partial charge in [-0.2, -0.15) is 0 Å². The summed E-state index contributed by atoms with van der Waals surface area (Å²) < 4.78 is 10.5. The van der Waals surface area contributed by atoms with Gasteiger partial charge in [-0.05, 0) is 25.2 Å². The van der Waals surface area contributed by atoms with Crippen LogP contribution in [0.4, 0.5) is 0 Å². The van der Waals surface area contributed by atoms with Crippen LogP contribution in [-0.4, -0.2) is 24.1 Å². The molecule has 5 nitrogen and oxygen atoms in total. The highest BCUT2D eigenvalue weighted by Crippen LogP contribution is 2.28. The standard InChI is InChI=1S/C13H21NO4/c1-7-5-8(2)12(18-11(15)6-7)10(4)17-13(16)9(3)14/h7-8,10,12H,3,5-6,14H2,1-2,4H3. The quantitative estimate of drug-likeness (QED) is 0.608. The zero-order valence-electron chi connectivity index (χ0n) is 11.1. The van der Waals surface area contributed by atoms with E-state index in [2.05, 4.69) is 6.58 Å². The third kappa shape index (κ3) is 3.75. The molecule has 4 unspecified atom stereocenters. The van der Waals surface area contributed by atoms with Crippen LogP contribution in [0, 0.1) is 11.8 Å². The van der Waals surface area contributed by atoms with Crippen LogP contribution in [0.15, 0.2) is 12.3 Å². The molecule has 1 aliphatic rings. The molecular weight excluding hydrogens is 234 g/mol. The fourth-order valence-corrected chi connectivity index (χ4v) is 2.32. The first-order valence-electron chi connectivity index (χ1n) is 6.16. The maximum Gasteiger partial charge on any atom is 0.353 e. The molecule has 1 fully saturated rings. The van der Waals surface area contributed by atoms with Gasteiger partial charge in [0.2, 0.25) is 0 Å². The van der Waals surface area contributed by atoms with Crippen LogP contribution >= 0.6 is 0 Å². The molecule has 0 aromatic carbocycles. The second-order valence-corrected chi connectivity index (χ2v) is 5.11. The van der Waals surface area contributed by atoms with E-state index in [9.17, 15) is 9.59 Å². The zero-order chi connectivity index (χ0) is 13.9. The summed E-state index contributed by atoms with van der Waals surface area (Å²) in [5, 5.41) is 0. The smallest absolute Gasteiger partial charge is 0.353 e. The lowest BCUT2D eigenvalue weighted by molar-refractivity contribution is -0.166. The van der Waals surface area contributed by atoms with Crippen molar-refractivity contribution < 1.29 is 19.1 Å². The predicted octanol–water partition coefficient (Wildman–Crippen LogP) is 1.37. The summed E-state index contributed by atoms with van der Waals surface area (Å²) in [6, 6.07) is 0. The summed E-state index contributed by atoms with van der Waals surface area (Å²) in [4.78, 5) is 22.9. The van der Waals surface area contributed by atoms with Crippen molar-refractivity contribution in [3.63, 3.8) is 0 Å². The van der Waals surface area contributed by atoms with Gasteiger partial charge in [0, 0.05) is 6.42 Å². The first-order chi connectivity index (χ1) is 8.31. The number of rotatable bonds is 3. The predicted molar refractivity (Wildman–Crippen MR) is 66.3 cm³/mol. The lowest BCUT2D eigenvalue weighted by atomic mass is 9.90. The van der Waals surface area contributed by atoms with Crippen LogP contribution in [0.3, 0.4) is 0 Å². The molecule has 0 saturated carbocycles. The number of hydrogen-bond donors (Lipinski definition) is 1. The molecule has 0 aromatic rings.